The number of aromatic nitrogens is 1. The van der Waals surface area contributed by atoms with Gasteiger partial charge in [-0.25, -0.2) is 0 Å². The number of hydrogen-bond donors (Lipinski definition) is 1. The van der Waals surface area contributed by atoms with Crippen molar-refractivity contribution in [2.24, 2.45) is 5.92 Å². The molecule has 0 bridgehead atoms. The molecular formula is C12H16F3N3O2. The molecule has 0 spiro atoms. The van der Waals surface area contributed by atoms with E-state index in [-0.39, 0.29) is 0 Å². The van der Waals surface area contributed by atoms with Gasteiger partial charge in [0.05, 0.1) is 18.7 Å². The number of piperidine rings is 1. The molecule has 1 atom stereocenters. The highest BCUT2D eigenvalue weighted by molar-refractivity contribution is 5.79. The van der Waals surface area contributed by atoms with E-state index >= 15 is 0 Å². The Hall–Kier alpha value is -1.57. The van der Waals surface area contributed by atoms with Crippen molar-refractivity contribution in [3.8, 4) is 0 Å². The topological polar surface area (TPSA) is 58.4 Å². The summed E-state index contributed by atoms with van der Waals surface area (Å²) in [5, 5.41) is 5.54. The van der Waals surface area contributed by atoms with Crippen LogP contribution in [0.15, 0.2) is 16.8 Å². The summed E-state index contributed by atoms with van der Waals surface area (Å²) in [4.78, 5) is 13.7. The Morgan fingerprint density at radius 2 is 2.35 bits per heavy atom. The van der Waals surface area contributed by atoms with Gasteiger partial charge >= 0.3 is 6.18 Å². The Bertz CT molecular complexity index is 434. The Morgan fingerprint density at radius 1 is 1.55 bits per heavy atom. The van der Waals surface area contributed by atoms with E-state index in [1.807, 2.05) is 10.2 Å². The molecule has 1 fully saturated rings. The Balaban J connectivity index is 1.82. The number of nitrogens with zero attached hydrogens (tertiary/aromatic N) is 2. The van der Waals surface area contributed by atoms with Gasteiger partial charge in [0.25, 0.3) is 0 Å². The summed E-state index contributed by atoms with van der Waals surface area (Å²) in [6.07, 6.45) is -1.45. The van der Waals surface area contributed by atoms with Crippen LogP contribution in [-0.2, 0) is 11.3 Å². The van der Waals surface area contributed by atoms with Gasteiger partial charge in [0, 0.05) is 12.6 Å². The number of carbonyl (C=O) groups excluding carboxylic acids is 1. The van der Waals surface area contributed by atoms with E-state index in [0.717, 1.165) is 13.0 Å². The van der Waals surface area contributed by atoms with Crippen LogP contribution in [0.5, 0.6) is 0 Å². The minimum absolute atomic E-state index is 0.408. The molecule has 0 radical (unpaired) electrons. The molecule has 1 aliphatic rings. The molecule has 1 N–H and O–H groups in total. The maximum absolute atomic E-state index is 12.1. The molecule has 112 valence electrons. The molecule has 1 amide bonds. The maximum atomic E-state index is 12.1. The van der Waals surface area contributed by atoms with Crippen molar-refractivity contribution in [2.45, 2.75) is 25.6 Å². The van der Waals surface area contributed by atoms with E-state index in [4.69, 9.17) is 4.52 Å². The molecule has 2 heterocycles. The molecular weight excluding hydrogens is 275 g/mol. The average Bonchev–Trinajstić information content (AvgIpc) is 2.88. The molecule has 1 aromatic rings. The number of rotatable bonds is 4. The molecule has 8 heteroatoms. The van der Waals surface area contributed by atoms with E-state index in [1.165, 1.54) is 6.20 Å². The standard InChI is InChI=1S/C12H16F3N3O2/c13-12(14,15)8-16-11(19)9-2-1-5-18(6-9)7-10-3-4-17-20-10/h3-4,9H,1-2,5-8H2,(H,16,19)/t9-/m0/s1. The molecule has 1 saturated heterocycles. The third kappa shape index (κ3) is 4.52. The first kappa shape index (κ1) is 14.8. The van der Waals surface area contributed by atoms with Crippen molar-refractivity contribution in [1.29, 1.82) is 0 Å². The van der Waals surface area contributed by atoms with Crippen LogP contribution in [0.25, 0.3) is 0 Å². The van der Waals surface area contributed by atoms with Crippen molar-refractivity contribution in [1.82, 2.24) is 15.4 Å². The SMILES string of the molecule is O=C(NCC(F)(F)F)[C@H]1CCCN(Cc2ccno2)C1. The molecule has 0 aliphatic carbocycles. The normalized spacial score (nSPS) is 20.9. The van der Waals surface area contributed by atoms with E-state index in [0.29, 0.717) is 25.3 Å². The Kier molecular flexibility index (Phi) is 4.64. The number of carbonyl (C=O) groups is 1. The second-order valence-corrected chi connectivity index (χ2v) is 4.89. The number of likely N-dealkylation sites (tertiary alicyclic amines) is 1. The number of halogens is 3. The fourth-order valence-corrected chi connectivity index (χ4v) is 2.29. The summed E-state index contributed by atoms with van der Waals surface area (Å²) in [7, 11) is 0. The molecule has 0 aromatic carbocycles. The first-order chi connectivity index (χ1) is 9.44. The second-order valence-electron chi connectivity index (χ2n) is 4.89. The summed E-state index contributed by atoms with van der Waals surface area (Å²) >= 11 is 0. The third-order valence-corrected chi connectivity index (χ3v) is 3.21. The van der Waals surface area contributed by atoms with Crippen molar-refractivity contribution in [3.05, 3.63) is 18.0 Å². The van der Waals surface area contributed by atoms with Crippen molar-refractivity contribution in [3.63, 3.8) is 0 Å². The van der Waals surface area contributed by atoms with Gasteiger partial charge in [0.2, 0.25) is 5.91 Å². The number of alkyl halides is 3. The zero-order valence-electron chi connectivity index (χ0n) is 10.8. The Labute approximate surface area is 114 Å². The van der Waals surface area contributed by atoms with Gasteiger partial charge in [-0.1, -0.05) is 5.16 Å². The molecule has 0 unspecified atom stereocenters. The first-order valence-electron chi connectivity index (χ1n) is 6.40. The van der Waals surface area contributed by atoms with E-state index < -0.39 is 24.5 Å². The molecule has 20 heavy (non-hydrogen) atoms. The zero-order valence-corrected chi connectivity index (χ0v) is 10.8. The summed E-state index contributed by atoms with van der Waals surface area (Å²) in [6.45, 7) is 0.474. The second kappa shape index (κ2) is 6.25. The predicted molar refractivity (Wildman–Crippen MR) is 63.6 cm³/mol. The van der Waals surface area contributed by atoms with Gasteiger partial charge in [-0.3, -0.25) is 9.69 Å². The fraction of sp³-hybridized carbons (Fsp3) is 0.667. The average molecular weight is 291 g/mol. The number of amides is 1. The third-order valence-electron chi connectivity index (χ3n) is 3.21. The summed E-state index contributed by atoms with van der Waals surface area (Å²) in [5.41, 5.74) is 0. The van der Waals surface area contributed by atoms with Crippen molar-refractivity contribution in [2.75, 3.05) is 19.6 Å². The van der Waals surface area contributed by atoms with Gasteiger partial charge in [-0.2, -0.15) is 13.2 Å². The molecule has 1 aromatic heterocycles. The molecule has 0 saturated carbocycles. The van der Waals surface area contributed by atoms with Crippen LogP contribution in [0.1, 0.15) is 18.6 Å². The Morgan fingerprint density at radius 3 is 3.00 bits per heavy atom. The predicted octanol–water partition coefficient (Wildman–Crippen LogP) is 1.57. The number of hydrogen-bond acceptors (Lipinski definition) is 4. The highest BCUT2D eigenvalue weighted by Crippen LogP contribution is 2.19. The van der Waals surface area contributed by atoms with E-state index in [2.05, 4.69) is 5.16 Å². The fourth-order valence-electron chi connectivity index (χ4n) is 2.29. The lowest BCUT2D eigenvalue weighted by Crippen LogP contribution is -2.44. The minimum atomic E-state index is -4.37. The van der Waals surface area contributed by atoms with Crippen LogP contribution in [0, 0.1) is 5.92 Å². The summed E-state index contributed by atoms with van der Waals surface area (Å²) in [6, 6.07) is 1.73. The lowest BCUT2D eigenvalue weighted by Gasteiger charge is -2.31. The van der Waals surface area contributed by atoms with Crippen molar-refractivity contribution >= 4 is 5.91 Å². The quantitative estimate of drug-likeness (QED) is 0.914. The first-order valence-corrected chi connectivity index (χ1v) is 6.40. The van der Waals surface area contributed by atoms with Crippen molar-refractivity contribution < 1.29 is 22.5 Å². The van der Waals surface area contributed by atoms with E-state index in [9.17, 15) is 18.0 Å². The molecule has 5 nitrogen and oxygen atoms in total. The monoisotopic (exact) mass is 291 g/mol. The van der Waals surface area contributed by atoms with Gasteiger partial charge < -0.3 is 9.84 Å². The molecule has 2 rings (SSSR count). The van der Waals surface area contributed by atoms with E-state index in [1.54, 1.807) is 6.07 Å². The highest BCUT2D eigenvalue weighted by Gasteiger charge is 2.31. The summed E-state index contributed by atoms with van der Waals surface area (Å²) < 4.78 is 41.2. The smallest absolute Gasteiger partial charge is 0.360 e. The molecule has 1 aliphatic heterocycles. The summed E-state index contributed by atoms with van der Waals surface area (Å²) in [5.74, 6) is -0.264. The lowest BCUT2D eigenvalue weighted by atomic mass is 9.97. The van der Waals surface area contributed by atoms with Crippen LogP contribution in [0.3, 0.4) is 0 Å². The maximum Gasteiger partial charge on any atom is 0.405 e. The van der Waals surface area contributed by atoms with Crippen LogP contribution in [0.4, 0.5) is 13.2 Å². The van der Waals surface area contributed by atoms with Crippen LogP contribution in [-0.4, -0.2) is 41.8 Å². The minimum Gasteiger partial charge on any atom is -0.360 e. The largest absolute Gasteiger partial charge is 0.405 e. The van der Waals surface area contributed by atoms with Gasteiger partial charge in [-0.15, -0.1) is 0 Å². The highest BCUT2D eigenvalue weighted by atomic mass is 19.4. The van der Waals surface area contributed by atoms with Crippen LogP contribution < -0.4 is 5.32 Å². The van der Waals surface area contributed by atoms with Crippen LogP contribution in [0.2, 0.25) is 0 Å². The van der Waals surface area contributed by atoms with Crippen LogP contribution >= 0.6 is 0 Å². The number of nitrogens with one attached hydrogen (secondary N) is 1. The van der Waals surface area contributed by atoms with Gasteiger partial charge in [-0.05, 0) is 19.4 Å². The zero-order chi connectivity index (χ0) is 14.6. The lowest BCUT2D eigenvalue weighted by molar-refractivity contribution is -0.141. The van der Waals surface area contributed by atoms with Gasteiger partial charge in [0.1, 0.15) is 6.54 Å². The van der Waals surface area contributed by atoms with Gasteiger partial charge in [0.15, 0.2) is 5.76 Å².